The minimum atomic E-state index is -0.765. The van der Waals surface area contributed by atoms with Crippen LogP contribution in [0.15, 0.2) is 23.1 Å². The molecule has 126 valence electrons. The SMILES string of the molecule is CCCC(C)NC(=O)COC(=O)c1ccc(SC)c([N+](=O)[O-])c1. The highest BCUT2D eigenvalue weighted by Gasteiger charge is 2.18. The largest absolute Gasteiger partial charge is 0.452 e. The van der Waals surface area contributed by atoms with Gasteiger partial charge in [0.15, 0.2) is 6.61 Å². The molecule has 0 radical (unpaired) electrons. The number of nitrogens with zero attached hydrogens (tertiary/aromatic N) is 1. The molecule has 23 heavy (non-hydrogen) atoms. The lowest BCUT2D eigenvalue weighted by Gasteiger charge is -2.12. The molecule has 0 aliphatic heterocycles. The van der Waals surface area contributed by atoms with E-state index in [1.54, 1.807) is 6.26 Å². The molecular weight excluding hydrogens is 320 g/mol. The second-order valence-electron chi connectivity index (χ2n) is 4.98. The van der Waals surface area contributed by atoms with E-state index in [1.807, 2.05) is 13.8 Å². The van der Waals surface area contributed by atoms with Gasteiger partial charge in [-0.05, 0) is 31.7 Å². The average Bonchev–Trinajstić information content (AvgIpc) is 2.52. The molecule has 1 unspecified atom stereocenters. The third kappa shape index (κ3) is 5.90. The summed E-state index contributed by atoms with van der Waals surface area (Å²) in [5, 5.41) is 13.7. The summed E-state index contributed by atoms with van der Waals surface area (Å²) in [5.41, 5.74) is -0.114. The lowest BCUT2D eigenvalue weighted by atomic mass is 10.2. The van der Waals surface area contributed by atoms with E-state index < -0.39 is 23.4 Å². The Kier molecular flexibility index (Phi) is 7.53. The Bertz CT molecular complexity index is 591. The summed E-state index contributed by atoms with van der Waals surface area (Å²) in [4.78, 5) is 34.4. The summed E-state index contributed by atoms with van der Waals surface area (Å²) < 4.78 is 4.90. The van der Waals surface area contributed by atoms with Crippen LogP contribution < -0.4 is 5.32 Å². The fourth-order valence-corrected chi connectivity index (χ4v) is 2.54. The number of carbonyl (C=O) groups excluding carboxylic acids is 2. The molecule has 0 saturated heterocycles. The van der Waals surface area contributed by atoms with Gasteiger partial charge in [0, 0.05) is 12.1 Å². The van der Waals surface area contributed by atoms with E-state index in [-0.39, 0.29) is 17.3 Å². The average molecular weight is 340 g/mol. The lowest BCUT2D eigenvalue weighted by Crippen LogP contribution is -2.35. The molecule has 1 amide bonds. The van der Waals surface area contributed by atoms with Crippen LogP contribution in [-0.4, -0.2) is 35.7 Å². The third-order valence-electron chi connectivity index (χ3n) is 3.07. The molecule has 0 spiro atoms. The van der Waals surface area contributed by atoms with Gasteiger partial charge in [-0.25, -0.2) is 4.79 Å². The van der Waals surface area contributed by atoms with Crippen molar-refractivity contribution in [3.05, 3.63) is 33.9 Å². The van der Waals surface area contributed by atoms with Gasteiger partial charge in [0.25, 0.3) is 11.6 Å². The first-order valence-corrected chi connectivity index (χ1v) is 8.40. The molecule has 0 saturated carbocycles. The van der Waals surface area contributed by atoms with Crippen LogP contribution in [-0.2, 0) is 9.53 Å². The van der Waals surface area contributed by atoms with Crippen LogP contribution in [0.25, 0.3) is 0 Å². The molecule has 1 N–H and O–H groups in total. The van der Waals surface area contributed by atoms with E-state index in [2.05, 4.69) is 5.32 Å². The summed E-state index contributed by atoms with van der Waals surface area (Å²) in [6.45, 7) is 3.46. The highest BCUT2D eigenvalue weighted by atomic mass is 32.2. The molecule has 7 nitrogen and oxygen atoms in total. The van der Waals surface area contributed by atoms with Gasteiger partial charge in [0.1, 0.15) is 0 Å². The molecule has 0 heterocycles. The predicted molar refractivity (Wildman–Crippen MR) is 87.7 cm³/mol. The van der Waals surface area contributed by atoms with E-state index in [4.69, 9.17) is 4.74 Å². The van der Waals surface area contributed by atoms with Crippen LogP contribution in [0.3, 0.4) is 0 Å². The van der Waals surface area contributed by atoms with Crippen LogP contribution in [0, 0.1) is 10.1 Å². The highest BCUT2D eigenvalue weighted by molar-refractivity contribution is 7.98. The predicted octanol–water partition coefficient (Wildman–Crippen LogP) is 2.78. The number of nitro groups is 1. The quantitative estimate of drug-likeness (QED) is 0.338. The number of carbonyl (C=O) groups is 2. The number of nitro benzene ring substituents is 1. The second-order valence-corrected chi connectivity index (χ2v) is 5.83. The number of rotatable bonds is 8. The lowest BCUT2D eigenvalue weighted by molar-refractivity contribution is -0.387. The van der Waals surface area contributed by atoms with Gasteiger partial charge >= 0.3 is 5.97 Å². The molecule has 0 fully saturated rings. The van der Waals surface area contributed by atoms with Crippen molar-refractivity contribution in [3.63, 3.8) is 0 Å². The van der Waals surface area contributed by atoms with Gasteiger partial charge in [-0.2, -0.15) is 0 Å². The minimum absolute atomic E-state index is 0.00755. The highest BCUT2D eigenvalue weighted by Crippen LogP contribution is 2.28. The maximum Gasteiger partial charge on any atom is 0.338 e. The number of amides is 1. The number of hydrogen-bond donors (Lipinski definition) is 1. The molecule has 8 heteroatoms. The molecule has 0 aliphatic carbocycles. The zero-order valence-electron chi connectivity index (χ0n) is 13.3. The molecule has 0 aromatic heterocycles. The Morgan fingerprint density at radius 2 is 2.13 bits per heavy atom. The fourth-order valence-electron chi connectivity index (χ4n) is 2.00. The monoisotopic (exact) mass is 340 g/mol. The first-order valence-electron chi connectivity index (χ1n) is 7.18. The van der Waals surface area contributed by atoms with Crippen LogP contribution in [0.5, 0.6) is 0 Å². The normalized spacial score (nSPS) is 11.6. The summed E-state index contributed by atoms with van der Waals surface area (Å²) >= 11 is 1.22. The molecule has 1 rings (SSSR count). The summed E-state index contributed by atoms with van der Waals surface area (Å²) in [5.74, 6) is -1.16. The Morgan fingerprint density at radius 3 is 2.70 bits per heavy atom. The molecule has 1 atom stereocenters. The minimum Gasteiger partial charge on any atom is -0.452 e. The van der Waals surface area contributed by atoms with Crippen molar-refractivity contribution in [2.75, 3.05) is 12.9 Å². The number of esters is 1. The zero-order valence-corrected chi connectivity index (χ0v) is 14.1. The molecule has 0 bridgehead atoms. The van der Waals surface area contributed by atoms with Crippen LogP contribution in [0.4, 0.5) is 5.69 Å². The van der Waals surface area contributed by atoms with Crippen LogP contribution >= 0.6 is 11.8 Å². The van der Waals surface area contributed by atoms with Crippen molar-refractivity contribution in [2.24, 2.45) is 0 Å². The number of benzene rings is 1. The maximum absolute atomic E-state index is 11.9. The van der Waals surface area contributed by atoms with Crippen molar-refractivity contribution in [2.45, 2.75) is 37.6 Å². The first-order chi connectivity index (χ1) is 10.9. The van der Waals surface area contributed by atoms with Crippen molar-refractivity contribution in [1.82, 2.24) is 5.32 Å². The Balaban J connectivity index is 2.66. The Labute approximate surface area is 138 Å². The molecule has 1 aromatic carbocycles. The summed E-state index contributed by atoms with van der Waals surface area (Å²) in [6.07, 6.45) is 3.48. The van der Waals surface area contributed by atoms with Gasteiger partial charge in [0.2, 0.25) is 0 Å². The van der Waals surface area contributed by atoms with Crippen molar-refractivity contribution in [1.29, 1.82) is 0 Å². The number of hydrogen-bond acceptors (Lipinski definition) is 6. The van der Waals surface area contributed by atoms with Gasteiger partial charge in [-0.15, -0.1) is 11.8 Å². The number of thioether (sulfide) groups is 1. The van der Waals surface area contributed by atoms with Crippen LogP contribution in [0.2, 0.25) is 0 Å². The van der Waals surface area contributed by atoms with Gasteiger partial charge in [0.05, 0.1) is 15.4 Å². The molecule has 0 aliphatic rings. The van der Waals surface area contributed by atoms with Gasteiger partial charge in [-0.3, -0.25) is 14.9 Å². The third-order valence-corrected chi connectivity index (χ3v) is 3.86. The van der Waals surface area contributed by atoms with E-state index in [9.17, 15) is 19.7 Å². The molecular formula is C15H20N2O5S. The second kappa shape index (κ2) is 9.14. The number of nitrogens with one attached hydrogen (secondary N) is 1. The molecule has 1 aromatic rings. The van der Waals surface area contributed by atoms with Gasteiger partial charge < -0.3 is 10.1 Å². The van der Waals surface area contributed by atoms with E-state index in [0.29, 0.717) is 4.90 Å². The summed E-state index contributed by atoms with van der Waals surface area (Å²) in [6, 6.07) is 4.10. The van der Waals surface area contributed by atoms with Crippen molar-refractivity contribution < 1.29 is 19.2 Å². The number of ether oxygens (including phenoxy) is 1. The van der Waals surface area contributed by atoms with Crippen molar-refractivity contribution in [3.8, 4) is 0 Å². The standard InChI is InChI=1S/C15H20N2O5S/c1-4-5-10(2)16-14(18)9-22-15(19)11-6-7-13(23-3)12(8-11)17(20)21/h6-8,10H,4-5,9H2,1-3H3,(H,16,18). The smallest absolute Gasteiger partial charge is 0.338 e. The van der Waals surface area contributed by atoms with E-state index in [0.717, 1.165) is 18.9 Å². The Morgan fingerprint density at radius 1 is 1.43 bits per heavy atom. The Hall–Kier alpha value is -2.09. The zero-order chi connectivity index (χ0) is 17.4. The van der Waals surface area contributed by atoms with E-state index >= 15 is 0 Å². The maximum atomic E-state index is 11.9. The van der Waals surface area contributed by atoms with E-state index in [1.165, 1.54) is 23.9 Å². The van der Waals surface area contributed by atoms with Crippen molar-refractivity contribution >= 4 is 29.3 Å². The fraction of sp³-hybridized carbons (Fsp3) is 0.467. The first kappa shape index (κ1) is 19.0. The van der Waals surface area contributed by atoms with Gasteiger partial charge in [-0.1, -0.05) is 13.3 Å². The summed E-state index contributed by atoms with van der Waals surface area (Å²) in [7, 11) is 0. The van der Waals surface area contributed by atoms with Crippen LogP contribution in [0.1, 0.15) is 37.0 Å². The topological polar surface area (TPSA) is 98.5 Å².